The molecule has 0 fully saturated rings. The van der Waals surface area contributed by atoms with Gasteiger partial charge in [0.2, 0.25) is 0 Å². The second kappa shape index (κ2) is 4.12. The van der Waals surface area contributed by atoms with Gasteiger partial charge in [-0.3, -0.25) is 4.79 Å². The van der Waals surface area contributed by atoms with E-state index in [1.165, 1.54) is 24.0 Å². The van der Waals surface area contributed by atoms with Gasteiger partial charge in [-0.1, -0.05) is 13.8 Å². The standard InChI is InChI=1S/C12H16BrNO/c1-7(2)10-8-5-3-4-6-9(8)14-12(15)11(10)13/h7H,3-6H2,1-2H3,(H,14,15). The molecule has 0 aliphatic heterocycles. The largest absolute Gasteiger partial charge is 0.325 e. The van der Waals surface area contributed by atoms with E-state index in [0.717, 1.165) is 23.0 Å². The van der Waals surface area contributed by atoms with Crippen molar-refractivity contribution in [2.75, 3.05) is 0 Å². The van der Waals surface area contributed by atoms with E-state index in [0.29, 0.717) is 5.92 Å². The van der Waals surface area contributed by atoms with Crippen LogP contribution in [0.25, 0.3) is 0 Å². The van der Waals surface area contributed by atoms with Crippen LogP contribution < -0.4 is 5.56 Å². The third-order valence-corrected chi connectivity index (χ3v) is 3.86. The lowest BCUT2D eigenvalue weighted by Crippen LogP contribution is -2.20. The first-order chi connectivity index (χ1) is 7.11. The molecule has 0 radical (unpaired) electrons. The number of halogens is 1. The highest BCUT2D eigenvalue weighted by molar-refractivity contribution is 9.10. The number of pyridine rings is 1. The third kappa shape index (κ3) is 1.89. The maximum atomic E-state index is 11.7. The first-order valence-electron chi connectivity index (χ1n) is 5.54. The molecule has 0 atom stereocenters. The first kappa shape index (κ1) is 10.9. The van der Waals surface area contributed by atoms with E-state index >= 15 is 0 Å². The lowest BCUT2D eigenvalue weighted by molar-refractivity contribution is 0.648. The van der Waals surface area contributed by atoms with Crippen molar-refractivity contribution in [3.8, 4) is 0 Å². The summed E-state index contributed by atoms with van der Waals surface area (Å²) in [6.07, 6.45) is 4.57. The van der Waals surface area contributed by atoms with Gasteiger partial charge in [0.25, 0.3) is 5.56 Å². The molecule has 0 saturated carbocycles. The predicted molar refractivity (Wildman–Crippen MR) is 65.5 cm³/mol. The summed E-state index contributed by atoms with van der Waals surface area (Å²) < 4.78 is 0.734. The molecule has 1 N–H and O–H groups in total. The molecule has 82 valence electrons. The van der Waals surface area contributed by atoms with Gasteiger partial charge in [-0.05, 0) is 58.7 Å². The van der Waals surface area contributed by atoms with Gasteiger partial charge in [-0.25, -0.2) is 0 Å². The summed E-state index contributed by atoms with van der Waals surface area (Å²) in [4.78, 5) is 14.7. The first-order valence-corrected chi connectivity index (χ1v) is 6.34. The minimum absolute atomic E-state index is 0.0272. The zero-order chi connectivity index (χ0) is 11.0. The molecule has 0 aromatic carbocycles. The molecule has 2 rings (SSSR count). The number of aryl methyl sites for hydroxylation is 1. The van der Waals surface area contributed by atoms with Crippen LogP contribution >= 0.6 is 15.9 Å². The summed E-state index contributed by atoms with van der Waals surface area (Å²) in [5, 5.41) is 0. The average molecular weight is 270 g/mol. The summed E-state index contributed by atoms with van der Waals surface area (Å²) in [5.74, 6) is 0.411. The molecular formula is C12H16BrNO. The zero-order valence-electron chi connectivity index (χ0n) is 9.19. The quantitative estimate of drug-likeness (QED) is 0.835. The molecule has 1 aromatic rings. The average Bonchev–Trinajstić information content (AvgIpc) is 2.19. The number of aromatic nitrogens is 1. The monoisotopic (exact) mass is 269 g/mol. The Morgan fingerprint density at radius 3 is 2.60 bits per heavy atom. The Hall–Kier alpha value is -0.570. The number of nitrogens with one attached hydrogen (secondary N) is 1. The molecule has 0 bridgehead atoms. The number of fused-ring (bicyclic) bond motifs is 1. The van der Waals surface area contributed by atoms with Gasteiger partial charge >= 0.3 is 0 Å². The van der Waals surface area contributed by atoms with Crippen LogP contribution in [0.4, 0.5) is 0 Å². The molecule has 1 aliphatic rings. The Bertz CT molecular complexity index is 434. The van der Waals surface area contributed by atoms with Gasteiger partial charge in [0.1, 0.15) is 0 Å². The fraction of sp³-hybridized carbons (Fsp3) is 0.583. The minimum Gasteiger partial charge on any atom is -0.325 e. The Morgan fingerprint density at radius 2 is 1.93 bits per heavy atom. The number of aromatic amines is 1. The van der Waals surface area contributed by atoms with E-state index in [2.05, 4.69) is 34.8 Å². The van der Waals surface area contributed by atoms with Crippen LogP contribution in [-0.2, 0) is 12.8 Å². The van der Waals surface area contributed by atoms with Gasteiger partial charge in [-0.2, -0.15) is 0 Å². The fourth-order valence-corrected chi connectivity index (χ4v) is 3.19. The lowest BCUT2D eigenvalue weighted by Gasteiger charge is -2.21. The number of rotatable bonds is 1. The second-order valence-corrected chi connectivity index (χ2v) is 5.29. The van der Waals surface area contributed by atoms with Crippen molar-refractivity contribution in [3.05, 3.63) is 31.6 Å². The zero-order valence-corrected chi connectivity index (χ0v) is 10.8. The molecule has 0 unspecified atom stereocenters. The maximum absolute atomic E-state index is 11.7. The molecule has 0 spiro atoms. The third-order valence-electron chi connectivity index (χ3n) is 3.07. The van der Waals surface area contributed by atoms with E-state index in [9.17, 15) is 4.79 Å². The summed E-state index contributed by atoms with van der Waals surface area (Å²) in [6, 6.07) is 0. The van der Waals surface area contributed by atoms with Crippen molar-refractivity contribution in [1.82, 2.24) is 4.98 Å². The summed E-state index contributed by atoms with van der Waals surface area (Å²) in [5.41, 5.74) is 3.79. The van der Waals surface area contributed by atoms with Gasteiger partial charge in [0.15, 0.2) is 0 Å². The van der Waals surface area contributed by atoms with Crippen molar-refractivity contribution in [1.29, 1.82) is 0 Å². The van der Waals surface area contributed by atoms with Crippen molar-refractivity contribution in [2.24, 2.45) is 0 Å². The van der Waals surface area contributed by atoms with Crippen molar-refractivity contribution < 1.29 is 0 Å². The number of hydrogen-bond acceptors (Lipinski definition) is 1. The topological polar surface area (TPSA) is 32.9 Å². The molecule has 0 saturated heterocycles. The summed E-state index contributed by atoms with van der Waals surface area (Å²) in [7, 11) is 0. The van der Waals surface area contributed by atoms with Gasteiger partial charge < -0.3 is 4.98 Å². The summed E-state index contributed by atoms with van der Waals surface area (Å²) in [6.45, 7) is 4.29. The van der Waals surface area contributed by atoms with E-state index < -0.39 is 0 Å². The minimum atomic E-state index is 0.0272. The van der Waals surface area contributed by atoms with Crippen LogP contribution in [-0.4, -0.2) is 4.98 Å². The second-order valence-electron chi connectivity index (χ2n) is 4.50. The van der Waals surface area contributed by atoms with E-state index in [1.54, 1.807) is 0 Å². The molecule has 1 aliphatic carbocycles. The molecular weight excluding hydrogens is 254 g/mol. The van der Waals surface area contributed by atoms with Gasteiger partial charge in [-0.15, -0.1) is 0 Å². The molecule has 1 heterocycles. The van der Waals surface area contributed by atoms with Crippen LogP contribution in [0.1, 0.15) is 49.4 Å². The maximum Gasteiger partial charge on any atom is 0.262 e. The van der Waals surface area contributed by atoms with E-state index in [4.69, 9.17) is 0 Å². The van der Waals surface area contributed by atoms with Gasteiger partial charge in [0.05, 0.1) is 4.47 Å². The highest BCUT2D eigenvalue weighted by Gasteiger charge is 2.20. The Balaban J connectivity index is 2.68. The molecule has 2 nitrogen and oxygen atoms in total. The summed E-state index contributed by atoms with van der Waals surface area (Å²) >= 11 is 3.42. The molecule has 0 amide bonds. The van der Waals surface area contributed by atoms with E-state index in [-0.39, 0.29) is 5.56 Å². The molecule has 15 heavy (non-hydrogen) atoms. The SMILES string of the molecule is CC(C)c1c2c([nH]c(=O)c1Br)CCCC2. The smallest absolute Gasteiger partial charge is 0.262 e. The van der Waals surface area contributed by atoms with Crippen LogP contribution in [0.3, 0.4) is 0 Å². The highest BCUT2D eigenvalue weighted by Crippen LogP contribution is 2.31. The van der Waals surface area contributed by atoms with Crippen LogP contribution in [0.15, 0.2) is 9.27 Å². The lowest BCUT2D eigenvalue weighted by atomic mass is 9.88. The molecule has 3 heteroatoms. The van der Waals surface area contributed by atoms with Gasteiger partial charge in [0, 0.05) is 5.69 Å². The van der Waals surface area contributed by atoms with Crippen molar-refractivity contribution in [3.63, 3.8) is 0 Å². The Morgan fingerprint density at radius 1 is 1.27 bits per heavy atom. The predicted octanol–water partition coefficient (Wildman–Crippen LogP) is 3.14. The van der Waals surface area contributed by atoms with E-state index in [1.807, 2.05) is 0 Å². The Labute approximate surface area is 98.2 Å². The van der Waals surface area contributed by atoms with Crippen molar-refractivity contribution >= 4 is 15.9 Å². The van der Waals surface area contributed by atoms with Crippen molar-refractivity contribution in [2.45, 2.75) is 45.4 Å². The number of H-pyrrole nitrogens is 1. The van der Waals surface area contributed by atoms with Crippen LogP contribution in [0.2, 0.25) is 0 Å². The van der Waals surface area contributed by atoms with Crippen LogP contribution in [0, 0.1) is 0 Å². The van der Waals surface area contributed by atoms with Crippen LogP contribution in [0.5, 0.6) is 0 Å². The fourth-order valence-electron chi connectivity index (χ4n) is 2.39. The highest BCUT2D eigenvalue weighted by atomic mass is 79.9. The number of hydrogen-bond donors (Lipinski definition) is 1. The Kier molecular flexibility index (Phi) is 3.01. The molecule has 1 aromatic heterocycles. The normalized spacial score (nSPS) is 15.5.